The molecule has 0 radical (unpaired) electrons. The van der Waals surface area contributed by atoms with E-state index in [0.29, 0.717) is 5.65 Å². The van der Waals surface area contributed by atoms with Gasteiger partial charge in [0, 0.05) is 14.1 Å². The molecule has 0 fully saturated rings. The predicted octanol–water partition coefficient (Wildman–Crippen LogP) is 0.697. The number of rotatable bonds is 1. The molecule has 5 nitrogen and oxygen atoms in total. The molecule has 2 heterocycles. The Bertz CT molecular complexity index is 584. The second kappa shape index (κ2) is 3.37. The molecule has 0 bridgehead atoms. The number of fused-ring (bicyclic) bond motifs is 1. The van der Waals surface area contributed by atoms with Gasteiger partial charge in [-0.15, -0.1) is 11.8 Å². The standard InChI is InChI=1S/C9H12N4OS/c1-5-10-7-6(12(5)2)8(15-4)11-9(14)13(7)3/h1-4H3. The van der Waals surface area contributed by atoms with Gasteiger partial charge in [0.25, 0.3) is 0 Å². The van der Waals surface area contributed by atoms with Crippen molar-refractivity contribution in [2.24, 2.45) is 14.1 Å². The Morgan fingerprint density at radius 1 is 1.20 bits per heavy atom. The van der Waals surface area contributed by atoms with Crippen molar-refractivity contribution in [3.63, 3.8) is 0 Å². The quantitative estimate of drug-likeness (QED) is 0.528. The lowest BCUT2D eigenvalue weighted by molar-refractivity contribution is 0.810. The molecular weight excluding hydrogens is 212 g/mol. The van der Waals surface area contributed by atoms with Crippen LogP contribution in [0.25, 0.3) is 11.2 Å². The summed E-state index contributed by atoms with van der Waals surface area (Å²) in [5.41, 5.74) is 1.35. The third-order valence-electron chi connectivity index (χ3n) is 2.50. The van der Waals surface area contributed by atoms with E-state index in [4.69, 9.17) is 0 Å². The van der Waals surface area contributed by atoms with Crippen LogP contribution in [0.1, 0.15) is 5.82 Å². The van der Waals surface area contributed by atoms with Crippen LogP contribution >= 0.6 is 11.8 Å². The summed E-state index contributed by atoms with van der Waals surface area (Å²) in [6.45, 7) is 1.91. The smallest absolute Gasteiger partial charge is 0.328 e. The van der Waals surface area contributed by atoms with Gasteiger partial charge < -0.3 is 4.57 Å². The molecule has 15 heavy (non-hydrogen) atoms. The first-order chi connectivity index (χ1) is 7.06. The van der Waals surface area contributed by atoms with Crippen LogP contribution in [-0.2, 0) is 14.1 Å². The Hall–Kier alpha value is -1.30. The highest BCUT2D eigenvalue weighted by atomic mass is 32.2. The largest absolute Gasteiger partial charge is 0.350 e. The highest BCUT2D eigenvalue weighted by Crippen LogP contribution is 2.22. The molecule has 0 aliphatic heterocycles. The number of nitrogens with zero attached hydrogens (tertiary/aromatic N) is 4. The molecular formula is C9H12N4OS. The molecule has 2 aromatic rings. The number of imidazole rings is 1. The van der Waals surface area contributed by atoms with E-state index in [-0.39, 0.29) is 5.69 Å². The van der Waals surface area contributed by atoms with Crippen LogP contribution in [0.2, 0.25) is 0 Å². The van der Waals surface area contributed by atoms with Crippen molar-refractivity contribution in [3.8, 4) is 0 Å². The second-order valence-corrected chi connectivity index (χ2v) is 4.15. The minimum atomic E-state index is -0.259. The fraction of sp³-hybridized carbons (Fsp3) is 0.444. The minimum absolute atomic E-state index is 0.259. The summed E-state index contributed by atoms with van der Waals surface area (Å²) in [5.74, 6) is 0.878. The molecule has 6 heteroatoms. The van der Waals surface area contributed by atoms with Crippen molar-refractivity contribution in [1.82, 2.24) is 19.1 Å². The van der Waals surface area contributed by atoms with Gasteiger partial charge in [-0.2, -0.15) is 4.98 Å². The van der Waals surface area contributed by atoms with Gasteiger partial charge in [0.15, 0.2) is 5.65 Å². The van der Waals surface area contributed by atoms with E-state index in [1.54, 1.807) is 7.05 Å². The van der Waals surface area contributed by atoms with Gasteiger partial charge in [-0.3, -0.25) is 4.57 Å². The molecule has 0 atom stereocenters. The van der Waals surface area contributed by atoms with Crippen molar-refractivity contribution < 1.29 is 0 Å². The molecule has 0 aromatic carbocycles. The highest BCUT2D eigenvalue weighted by molar-refractivity contribution is 7.98. The molecule has 0 N–H and O–H groups in total. The Morgan fingerprint density at radius 2 is 1.87 bits per heavy atom. The van der Waals surface area contributed by atoms with Crippen LogP contribution in [0, 0.1) is 6.92 Å². The molecule has 2 aromatic heterocycles. The lowest BCUT2D eigenvalue weighted by atomic mass is 10.5. The maximum absolute atomic E-state index is 11.5. The van der Waals surface area contributed by atoms with Crippen LogP contribution < -0.4 is 5.69 Å². The van der Waals surface area contributed by atoms with E-state index >= 15 is 0 Å². The predicted molar refractivity (Wildman–Crippen MR) is 60.3 cm³/mol. The zero-order valence-electron chi connectivity index (χ0n) is 9.11. The lowest BCUT2D eigenvalue weighted by Crippen LogP contribution is -2.21. The van der Waals surface area contributed by atoms with Gasteiger partial charge in [-0.25, -0.2) is 9.78 Å². The Balaban J connectivity index is 3.03. The molecule has 0 spiro atoms. The van der Waals surface area contributed by atoms with Crippen molar-refractivity contribution in [1.29, 1.82) is 0 Å². The van der Waals surface area contributed by atoms with Crippen molar-refractivity contribution >= 4 is 22.9 Å². The molecule has 0 aliphatic rings. The lowest BCUT2D eigenvalue weighted by Gasteiger charge is -2.03. The van der Waals surface area contributed by atoms with Crippen LogP contribution in [0.4, 0.5) is 0 Å². The van der Waals surface area contributed by atoms with E-state index in [1.165, 1.54) is 16.3 Å². The molecule has 0 unspecified atom stereocenters. The first-order valence-electron chi connectivity index (χ1n) is 4.50. The van der Waals surface area contributed by atoms with Gasteiger partial charge in [-0.05, 0) is 13.2 Å². The topological polar surface area (TPSA) is 52.7 Å². The van der Waals surface area contributed by atoms with Crippen LogP contribution in [0.5, 0.6) is 0 Å². The zero-order valence-corrected chi connectivity index (χ0v) is 9.92. The summed E-state index contributed by atoms with van der Waals surface area (Å²) in [4.78, 5) is 19.9. The van der Waals surface area contributed by atoms with Crippen LogP contribution in [0.3, 0.4) is 0 Å². The Kier molecular flexibility index (Phi) is 2.30. The molecule has 0 saturated heterocycles. The monoisotopic (exact) mass is 224 g/mol. The van der Waals surface area contributed by atoms with E-state index in [9.17, 15) is 4.79 Å². The van der Waals surface area contributed by atoms with Crippen molar-refractivity contribution in [2.45, 2.75) is 11.9 Å². The molecule has 80 valence electrons. The fourth-order valence-electron chi connectivity index (χ4n) is 1.51. The normalized spacial score (nSPS) is 11.2. The minimum Gasteiger partial charge on any atom is -0.328 e. The van der Waals surface area contributed by atoms with Crippen molar-refractivity contribution in [2.75, 3.05) is 6.26 Å². The van der Waals surface area contributed by atoms with Crippen molar-refractivity contribution in [3.05, 3.63) is 16.3 Å². The molecule has 0 saturated carbocycles. The summed E-state index contributed by atoms with van der Waals surface area (Å²) in [6, 6.07) is 0. The summed E-state index contributed by atoms with van der Waals surface area (Å²) in [7, 11) is 3.62. The van der Waals surface area contributed by atoms with Gasteiger partial charge in [0.1, 0.15) is 16.4 Å². The average Bonchev–Trinajstić information content (AvgIpc) is 2.50. The summed E-state index contributed by atoms with van der Waals surface area (Å²) in [5, 5.41) is 0.733. The van der Waals surface area contributed by atoms with Gasteiger partial charge in [0.05, 0.1) is 0 Å². The van der Waals surface area contributed by atoms with Gasteiger partial charge in [0.2, 0.25) is 0 Å². The maximum Gasteiger partial charge on any atom is 0.350 e. The third kappa shape index (κ3) is 1.36. The van der Waals surface area contributed by atoms with E-state index in [0.717, 1.165) is 16.4 Å². The van der Waals surface area contributed by atoms with Gasteiger partial charge >= 0.3 is 5.69 Å². The number of aryl methyl sites for hydroxylation is 3. The number of hydrogen-bond donors (Lipinski definition) is 0. The number of aromatic nitrogens is 4. The average molecular weight is 224 g/mol. The second-order valence-electron chi connectivity index (χ2n) is 3.35. The molecule has 0 amide bonds. The SMILES string of the molecule is CSc1nc(=O)n(C)c2nc(C)n(C)c12. The van der Waals surface area contributed by atoms with Crippen LogP contribution in [0.15, 0.2) is 9.82 Å². The Labute approximate surface area is 91.1 Å². The zero-order chi connectivity index (χ0) is 11.2. The van der Waals surface area contributed by atoms with E-state index in [2.05, 4.69) is 9.97 Å². The number of hydrogen-bond acceptors (Lipinski definition) is 4. The first kappa shape index (κ1) is 10.2. The van der Waals surface area contributed by atoms with Gasteiger partial charge in [-0.1, -0.05) is 0 Å². The first-order valence-corrected chi connectivity index (χ1v) is 5.72. The third-order valence-corrected chi connectivity index (χ3v) is 3.17. The number of thioether (sulfide) groups is 1. The summed E-state index contributed by atoms with van der Waals surface area (Å²) >= 11 is 1.46. The summed E-state index contributed by atoms with van der Waals surface area (Å²) < 4.78 is 3.43. The van der Waals surface area contributed by atoms with E-state index < -0.39 is 0 Å². The summed E-state index contributed by atoms with van der Waals surface area (Å²) in [6.07, 6.45) is 1.91. The van der Waals surface area contributed by atoms with E-state index in [1.807, 2.05) is 24.8 Å². The molecule has 2 rings (SSSR count). The Morgan fingerprint density at radius 3 is 2.47 bits per heavy atom. The molecule has 0 aliphatic carbocycles. The highest BCUT2D eigenvalue weighted by Gasteiger charge is 2.13. The van der Waals surface area contributed by atoms with Crippen LogP contribution in [-0.4, -0.2) is 25.4 Å². The maximum atomic E-state index is 11.5. The fourth-order valence-corrected chi connectivity index (χ4v) is 2.10.